The van der Waals surface area contributed by atoms with E-state index in [0.29, 0.717) is 27.1 Å². The van der Waals surface area contributed by atoms with Crippen molar-refractivity contribution >= 4 is 39.9 Å². The number of nitrogens with zero attached hydrogens (tertiary/aromatic N) is 5. The lowest BCUT2D eigenvalue weighted by Crippen LogP contribution is -2.67. The number of halogens is 2. The highest BCUT2D eigenvalue weighted by Crippen LogP contribution is 2.36. The maximum absolute atomic E-state index is 6.29. The molecule has 174 valence electrons. The summed E-state index contributed by atoms with van der Waals surface area (Å²) in [6.45, 7) is 4.98. The van der Waals surface area contributed by atoms with E-state index < -0.39 is 0 Å². The van der Waals surface area contributed by atoms with Crippen LogP contribution in [0.4, 0.5) is 5.82 Å². The predicted octanol–water partition coefficient (Wildman–Crippen LogP) is 4.80. The average Bonchev–Trinajstić information content (AvgIpc) is 3.46. The molecule has 2 aliphatic heterocycles. The minimum Gasteiger partial charge on any atom is -0.486 e. The first-order valence-corrected chi connectivity index (χ1v) is 12.0. The van der Waals surface area contributed by atoms with Crippen LogP contribution in [0.15, 0.2) is 42.7 Å². The second kappa shape index (κ2) is 8.37. The zero-order valence-electron chi connectivity index (χ0n) is 18.6. The number of benzene rings is 1. The average molecular weight is 496 g/mol. The normalized spacial score (nSPS) is 17.8. The van der Waals surface area contributed by atoms with Gasteiger partial charge in [-0.15, -0.1) is 10.2 Å². The Morgan fingerprint density at radius 3 is 2.62 bits per heavy atom. The first-order chi connectivity index (χ1) is 16.5. The van der Waals surface area contributed by atoms with Crippen molar-refractivity contribution in [3.8, 4) is 17.1 Å². The van der Waals surface area contributed by atoms with Crippen LogP contribution in [0, 0.1) is 0 Å². The summed E-state index contributed by atoms with van der Waals surface area (Å²) in [5.74, 6) is 1.57. The molecule has 5 heterocycles. The van der Waals surface area contributed by atoms with Crippen molar-refractivity contribution < 1.29 is 4.74 Å². The van der Waals surface area contributed by atoms with Crippen LogP contribution >= 0.6 is 23.2 Å². The summed E-state index contributed by atoms with van der Waals surface area (Å²) in [5.41, 5.74) is 3.29. The Morgan fingerprint density at radius 2 is 1.91 bits per heavy atom. The van der Waals surface area contributed by atoms with E-state index in [1.54, 1.807) is 12.4 Å². The van der Waals surface area contributed by atoms with E-state index in [4.69, 9.17) is 27.9 Å². The molecule has 2 fully saturated rings. The second-order valence-corrected chi connectivity index (χ2v) is 9.81. The van der Waals surface area contributed by atoms with Crippen LogP contribution in [0.1, 0.15) is 31.4 Å². The molecule has 0 bridgehead atoms. The fourth-order valence-electron chi connectivity index (χ4n) is 4.94. The van der Waals surface area contributed by atoms with Crippen LogP contribution in [-0.4, -0.2) is 50.6 Å². The van der Waals surface area contributed by atoms with Gasteiger partial charge in [0.1, 0.15) is 23.2 Å². The van der Waals surface area contributed by atoms with E-state index in [2.05, 4.69) is 35.6 Å². The zero-order chi connectivity index (χ0) is 23.3. The predicted molar refractivity (Wildman–Crippen MR) is 133 cm³/mol. The third kappa shape index (κ3) is 3.76. The van der Waals surface area contributed by atoms with Gasteiger partial charge in [0.25, 0.3) is 0 Å². The van der Waals surface area contributed by atoms with Gasteiger partial charge in [0.05, 0.1) is 21.1 Å². The highest BCUT2D eigenvalue weighted by molar-refractivity contribution is 6.35. The summed E-state index contributed by atoms with van der Waals surface area (Å²) in [5, 5.41) is 22.0. The van der Waals surface area contributed by atoms with Crippen LogP contribution in [-0.2, 0) is 0 Å². The number of hydrogen-bond donors (Lipinski definition) is 2. The number of nitrogens with one attached hydrogen (secondary N) is 2. The summed E-state index contributed by atoms with van der Waals surface area (Å²) in [4.78, 5) is 6.27. The van der Waals surface area contributed by atoms with Crippen LogP contribution in [0.2, 0.25) is 10.0 Å². The molecule has 6 rings (SSSR count). The largest absolute Gasteiger partial charge is 0.486 e. The van der Waals surface area contributed by atoms with Crippen LogP contribution in [0.5, 0.6) is 5.75 Å². The Bertz CT molecular complexity index is 1320. The van der Waals surface area contributed by atoms with Crippen molar-refractivity contribution in [2.75, 3.05) is 24.5 Å². The summed E-state index contributed by atoms with van der Waals surface area (Å²) in [6, 6.07) is 9.74. The fraction of sp³-hybridized carbons (Fsp3) is 0.333. The van der Waals surface area contributed by atoms with E-state index in [-0.39, 0.29) is 11.6 Å². The van der Waals surface area contributed by atoms with Crippen molar-refractivity contribution in [2.24, 2.45) is 0 Å². The van der Waals surface area contributed by atoms with Gasteiger partial charge in [-0.1, -0.05) is 23.2 Å². The molecule has 2 saturated heterocycles. The fourth-order valence-corrected chi connectivity index (χ4v) is 5.61. The lowest BCUT2D eigenvalue weighted by molar-refractivity contribution is 0.227. The standard InChI is InChI=1S/C24H23Cl2N7O/c1-14(22-17(25)10-27-11-18(22)26)34-15-3-4-19-16(9-15)23(32-29-19)20-5-6-21(31-30-20)33-12-24(13-33)7-2-8-28-24/h3-6,9-11,14,28H,2,7-8,12-13H2,1H3,(H,29,32)/t14-/m1/s1. The molecule has 1 spiro atoms. The first kappa shape index (κ1) is 21.6. The van der Waals surface area contributed by atoms with Gasteiger partial charge in [-0.05, 0) is 56.6 Å². The minimum atomic E-state index is -0.357. The van der Waals surface area contributed by atoms with Crippen molar-refractivity contribution in [2.45, 2.75) is 31.4 Å². The van der Waals surface area contributed by atoms with Gasteiger partial charge in [0, 0.05) is 36.4 Å². The minimum absolute atomic E-state index is 0.275. The number of pyridine rings is 1. The summed E-state index contributed by atoms with van der Waals surface area (Å²) >= 11 is 12.6. The summed E-state index contributed by atoms with van der Waals surface area (Å²) in [6.07, 6.45) is 5.25. The smallest absolute Gasteiger partial charge is 0.151 e. The number of rotatable bonds is 5. The molecule has 0 aliphatic carbocycles. The molecular weight excluding hydrogens is 473 g/mol. The van der Waals surface area contributed by atoms with Crippen molar-refractivity contribution in [1.29, 1.82) is 0 Å². The molecule has 0 amide bonds. The zero-order valence-corrected chi connectivity index (χ0v) is 20.1. The summed E-state index contributed by atoms with van der Waals surface area (Å²) < 4.78 is 6.16. The molecule has 1 aromatic carbocycles. The molecule has 2 aliphatic rings. The number of H-pyrrole nitrogens is 1. The Labute approximate surface area is 206 Å². The lowest BCUT2D eigenvalue weighted by Gasteiger charge is -2.48. The lowest BCUT2D eigenvalue weighted by atomic mass is 9.88. The van der Waals surface area contributed by atoms with E-state index in [9.17, 15) is 0 Å². The van der Waals surface area contributed by atoms with E-state index in [1.165, 1.54) is 12.8 Å². The van der Waals surface area contributed by atoms with E-state index >= 15 is 0 Å². The number of anilines is 1. The molecular formula is C24H23Cl2N7O. The molecule has 10 heteroatoms. The number of hydrogen-bond acceptors (Lipinski definition) is 7. The van der Waals surface area contributed by atoms with Crippen LogP contribution in [0.25, 0.3) is 22.3 Å². The molecule has 8 nitrogen and oxygen atoms in total. The van der Waals surface area contributed by atoms with E-state index in [1.807, 2.05) is 37.3 Å². The topological polar surface area (TPSA) is 91.8 Å². The Kier molecular flexibility index (Phi) is 5.32. The number of aromatic nitrogens is 5. The second-order valence-electron chi connectivity index (χ2n) is 9.00. The van der Waals surface area contributed by atoms with E-state index in [0.717, 1.165) is 42.0 Å². The van der Waals surface area contributed by atoms with Gasteiger partial charge in [-0.25, -0.2) is 0 Å². The Balaban J connectivity index is 1.23. The highest BCUT2D eigenvalue weighted by Gasteiger charge is 2.45. The number of aromatic amines is 1. The maximum Gasteiger partial charge on any atom is 0.151 e. The summed E-state index contributed by atoms with van der Waals surface area (Å²) in [7, 11) is 0. The van der Waals surface area contributed by atoms with Crippen molar-refractivity contribution in [3.05, 3.63) is 58.3 Å². The number of fused-ring (bicyclic) bond motifs is 1. The molecule has 1 atom stereocenters. The van der Waals surface area contributed by atoms with Gasteiger partial charge >= 0.3 is 0 Å². The van der Waals surface area contributed by atoms with Gasteiger partial charge in [0.15, 0.2) is 5.82 Å². The maximum atomic E-state index is 6.29. The van der Waals surface area contributed by atoms with Gasteiger partial charge in [-0.2, -0.15) is 5.10 Å². The highest BCUT2D eigenvalue weighted by atomic mass is 35.5. The van der Waals surface area contributed by atoms with Crippen molar-refractivity contribution in [3.63, 3.8) is 0 Å². The number of ether oxygens (including phenoxy) is 1. The van der Waals surface area contributed by atoms with Crippen LogP contribution in [0.3, 0.4) is 0 Å². The van der Waals surface area contributed by atoms with Gasteiger partial charge in [0.2, 0.25) is 0 Å². The third-order valence-electron chi connectivity index (χ3n) is 6.68. The van der Waals surface area contributed by atoms with Crippen LogP contribution < -0.4 is 15.0 Å². The molecule has 34 heavy (non-hydrogen) atoms. The Hall–Kier alpha value is -2.94. The molecule has 0 radical (unpaired) electrons. The molecule has 0 saturated carbocycles. The third-order valence-corrected chi connectivity index (χ3v) is 7.28. The van der Waals surface area contributed by atoms with Crippen molar-refractivity contribution in [1.82, 2.24) is 30.7 Å². The first-order valence-electron chi connectivity index (χ1n) is 11.3. The van der Waals surface area contributed by atoms with Gasteiger partial charge < -0.3 is 15.0 Å². The molecule has 3 aromatic heterocycles. The molecule has 4 aromatic rings. The molecule has 2 N–H and O–H groups in total. The molecule has 0 unspecified atom stereocenters. The Morgan fingerprint density at radius 1 is 1.09 bits per heavy atom. The monoisotopic (exact) mass is 495 g/mol. The quantitative estimate of drug-likeness (QED) is 0.410. The van der Waals surface area contributed by atoms with Gasteiger partial charge in [-0.3, -0.25) is 10.1 Å². The SMILES string of the molecule is C[C@@H](Oc1ccc2[nH]nc(-c3ccc(N4CC5(CCCN5)C4)nn3)c2c1)c1c(Cl)cncc1Cl.